The number of nitrogens with one attached hydrogen (secondary N) is 1. The van der Waals surface area contributed by atoms with E-state index in [0.29, 0.717) is 18.3 Å². The molecule has 4 heteroatoms. The van der Waals surface area contributed by atoms with Gasteiger partial charge >= 0.3 is 0 Å². The second kappa shape index (κ2) is 3.74. The van der Waals surface area contributed by atoms with Gasteiger partial charge in [-0.25, -0.2) is 4.39 Å². The van der Waals surface area contributed by atoms with E-state index in [-0.39, 0.29) is 12.4 Å². The number of alkyl halides is 2. The van der Waals surface area contributed by atoms with Crippen LogP contribution >= 0.6 is 28.3 Å². The SMILES string of the molecule is Cl.FC1(CBr)CCNC1. The summed E-state index contributed by atoms with van der Waals surface area (Å²) in [7, 11) is 0. The van der Waals surface area contributed by atoms with E-state index in [1.54, 1.807) is 0 Å². The highest BCUT2D eigenvalue weighted by molar-refractivity contribution is 9.09. The van der Waals surface area contributed by atoms with E-state index in [4.69, 9.17) is 0 Å². The van der Waals surface area contributed by atoms with E-state index in [1.165, 1.54) is 0 Å². The summed E-state index contributed by atoms with van der Waals surface area (Å²) < 4.78 is 12.9. The highest BCUT2D eigenvalue weighted by atomic mass is 79.9. The minimum absolute atomic E-state index is 0. The van der Waals surface area contributed by atoms with Gasteiger partial charge in [0.25, 0.3) is 0 Å². The molecule has 1 nitrogen and oxygen atoms in total. The lowest BCUT2D eigenvalue weighted by atomic mass is 10.1. The van der Waals surface area contributed by atoms with E-state index in [2.05, 4.69) is 21.2 Å². The molecule has 0 aromatic rings. The molecule has 1 saturated heterocycles. The van der Waals surface area contributed by atoms with Gasteiger partial charge in [-0.3, -0.25) is 0 Å². The van der Waals surface area contributed by atoms with Crippen molar-refractivity contribution >= 4 is 28.3 Å². The molecule has 0 saturated carbocycles. The quantitative estimate of drug-likeness (QED) is 0.658. The lowest BCUT2D eigenvalue weighted by Crippen LogP contribution is -2.27. The van der Waals surface area contributed by atoms with Gasteiger partial charge in [-0.05, 0) is 13.0 Å². The standard InChI is InChI=1S/C5H9BrFN.ClH/c6-3-5(7)1-2-8-4-5;/h8H,1-4H2;1H. The molecule has 1 N–H and O–H groups in total. The normalized spacial score (nSPS) is 34.0. The van der Waals surface area contributed by atoms with E-state index in [1.807, 2.05) is 0 Å². The van der Waals surface area contributed by atoms with Gasteiger partial charge < -0.3 is 5.32 Å². The summed E-state index contributed by atoms with van der Waals surface area (Å²) in [5.74, 6) is 0. The fourth-order valence-electron chi connectivity index (χ4n) is 0.827. The minimum atomic E-state index is -0.958. The smallest absolute Gasteiger partial charge is 0.134 e. The molecule has 9 heavy (non-hydrogen) atoms. The summed E-state index contributed by atoms with van der Waals surface area (Å²) in [6, 6.07) is 0. The molecule has 0 aliphatic carbocycles. The first-order valence-electron chi connectivity index (χ1n) is 2.72. The molecule has 1 unspecified atom stereocenters. The molecule has 0 amide bonds. The predicted molar refractivity (Wildman–Crippen MR) is 42.4 cm³/mol. The highest BCUT2D eigenvalue weighted by Crippen LogP contribution is 2.21. The summed E-state index contributed by atoms with van der Waals surface area (Å²) in [5.41, 5.74) is -0.958. The average molecular weight is 218 g/mol. The Morgan fingerprint density at radius 1 is 1.67 bits per heavy atom. The van der Waals surface area contributed by atoms with E-state index < -0.39 is 5.67 Å². The van der Waals surface area contributed by atoms with Crippen LogP contribution in [0.5, 0.6) is 0 Å². The fourth-order valence-corrected chi connectivity index (χ4v) is 1.31. The van der Waals surface area contributed by atoms with Gasteiger partial charge in [-0.2, -0.15) is 0 Å². The summed E-state index contributed by atoms with van der Waals surface area (Å²) in [6.07, 6.45) is 0.651. The van der Waals surface area contributed by atoms with Gasteiger partial charge in [0, 0.05) is 11.9 Å². The number of hydrogen-bond acceptors (Lipinski definition) is 1. The summed E-state index contributed by atoms with van der Waals surface area (Å²) in [5, 5.41) is 3.42. The maximum Gasteiger partial charge on any atom is 0.134 e. The molecule has 1 fully saturated rings. The Kier molecular flexibility index (Phi) is 4.01. The highest BCUT2D eigenvalue weighted by Gasteiger charge is 2.31. The van der Waals surface area contributed by atoms with Crippen molar-refractivity contribution in [1.82, 2.24) is 5.32 Å². The van der Waals surface area contributed by atoms with Crippen LogP contribution in [0.3, 0.4) is 0 Å². The third-order valence-electron chi connectivity index (χ3n) is 1.43. The Morgan fingerprint density at radius 3 is 2.56 bits per heavy atom. The van der Waals surface area contributed by atoms with Crippen molar-refractivity contribution in [2.24, 2.45) is 0 Å². The van der Waals surface area contributed by atoms with Crippen molar-refractivity contribution in [3.8, 4) is 0 Å². The first-order valence-corrected chi connectivity index (χ1v) is 3.85. The Balaban J connectivity index is 0.000000640. The summed E-state index contributed by atoms with van der Waals surface area (Å²) in [6.45, 7) is 1.33. The van der Waals surface area contributed by atoms with Crippen LogP contribution in [0.25, 0.3) is 0 Å². The van der Waals surface area contributed by atoms with E-state index in [0.717, 1.165) is 6.54 Å². The van der Waals surface area contributed by atoms with Gasteiger partial charge in [0.1, 0.15) is 5.67 Å². The van der Waals surface area contributed by atoms with Crippen LogP contribution in [-0.2, 0) is 0 Å². The number of hydrogen-bond donors (Lipinski definition) is 1. The minimum Gasteiger partial charge on any atom is -0.313 e. The molecule has 1 heterocycles. The average Bonchev–Trinajstić information content (AvgIpc) is 2.17. The van der Waals surface area contributed by atoms with E-state index in [9.17, 15) is 4.39 Å². The van der Waals surface area contributed by atoms with Crippen molar-refractivity contribution in [2.45, 2.75) is 12.1 Å². The summed E-state index contributed by atoms with van der Waals surface area (Å²) >= 11 is 3.12. The first-order chi connectivity index (χ1) is 3.77. The predicted octanol–water partition coefficient (Wildman–Crippen LogP) is 1.50. The molecular formula is C5H10BrClFN. The Hall–Kier alpha value is 0.660. The molecule has 0 bridgehead atoms. The van der Waals surface area contributed by atoms with Crippen LogP contribution in [0, 0.1) is 0 Å². The second-order valence-electron chi connectivity index (χ2n) is 2.21. The number of halogens is 3. The molecule has 0 aromatic heterocycles. The lowest BCUT2D eigenvalue weighted by molar-refractivity contribution is 0.226. The Labute approximate surface area is 68.9 Å². The molecule has 0 spiro atoms. The number of rotatable bonds is 1. The molecule has 1 rings (SSSR count). The molecular weight excluding hydrogens is 208 g/mol. The fraction of sp³-hybridized carbons (Fsp3) is 1.00. The van der Waals surface area contributed by atoms with Crippen LogP contribution in [0.1, 0.15) is 6.42 Å². The van der Waals surface area contributed by atoms with Gasteiger partial charge in [0.05, 0.1) is 0 Å². The Bertz CT molecular complexity index is 85.0. The van der Waals surface area contributed by atoms with Crippen LogP contribution in [-0.4, -0.2) is 24.1 Å². The molecule has 56 valence electrons. The van der Waals surface area contributed by atoms with Crippen LogP contribution < -0.4 is 5.32 Å². The zero-order valence-electron chi connectivity index (χ0n) is 4.99. The van der Waals surface area contributed by atoms with Crippen LogP contribution in [0.2, 0.25) is 0 Å². The zero-order valence-corrected chi connectivity index (χ0v) is 7.40. The molecule has 0 radical (unpaired) electrons. The van der Waals surface area contributed by atoms with Crippen molar-refractivity contribution in [3.63, 3.8) is 0 Å². The van der Waals surface area contributed by atoms with Gasteiger partial charge in [0.2, 0.25) is 0 Å². The van der Waals surface area contributed by atoms with Crippen LogP contribution in [0.4, 0.5) is 4.39 Å². The van der Waals surface area contributed by atoms with Crippen molar-refractivity contribution in [3.05, 3.63) is 0 Å². The topological polar surface area (TPSA) is 12.0 Å². The Morgan fingerprint density at radius 2 is 2.33 bits per heavy atom. The molecule has 0 aromatic carbocycles. The van der Waals surface area contributed by atoms with Crippen molar-refractivity contribution in [2.75, 3.05) is 18.4 Å². The van der Waals surface area contributed by atoms with Crippen molar-refractivity contribution in [1.29, 1.82) is 0 Å². The monoisotopic (exact) mass is 217 g/mol. The van der Waals surface area contributed by atoms with E-state index >= 15 is 0 Å². The van der Waals surface area contributed by atoms with Gasteiger partial charge in [0.15, 0.2) is 0 Å². The molecule has 1 aliphatic rings. The largest absolute Gasteiger partial charge is 0.313 e. The van der Waals surface area contributed by atoms with Gasteiger partial charge in [-0.1, -0.05) is 15.9 Å². The third kappa shape index (κ3) is 2.40. The van der Waals surface area contributed by atoms with Crippen molar-refractivity contribution < 1.29 is 4.39 Å². The second-order valence-corrected chi connectivity index (χ2v) is 2.77. The lowest BCUT2D eigenvalue weighted by Gasteiger charge is -2.12. The van der Waals surface area contributed by atoms with Crippen LogP contribution in [0.15, 0.2) is 0 Å². The molecule has 1 aliphatic heterocycles. The third-order valence-corrected chi connectivity index (χ3v) is 2.44. The zero-order chi connectivity index (χ0) is 6.04. The molecule has 1 atom stereocenters. The maximum absolute atomic E-state index is 12.9. The first kappa shape index (κ1) is 9.66. The summed E-state index contributed by atoms with van der Waals surface area (Å²) in [4.78, 5) is 0. The van der Waals surface area contributed by atoms with Gasteiger partial charge in [-0.15, -0.1) is 12.4 Å². The maximum atomic E-state index is 12.9.